The predicted octanol–water partition coefficient (Wildman–Crippen LogP) is 1.05. The average molecular weight is 507 g/mol. The minimum atomic E-state index is -1.51. The third-order valence-corrected chi connectivity index (χ3v) is 4.73. The maximum atomic E-state index is 13.3. The number of nitrogens with one attached hydrogen (secondary N) is 2. The molecule has 3 amide bonds. The molecule has 0 aliphatic carbocycles. The van der Waals surface area contributed by atoms with Crippen LogP contribution in [-0.4, -0.2) is 76.9 Å². The summed E-state index contributed by atoms with van der Waals surface area (Å²) in [5.74, 6) is -2.21. The molecule has 4 N–H and O–H groups in total. The summed E-state index contributed by atoms with van der Waals surface area (Å²) >= 11 is 0. The van der Waals surface area contributed by atoms with Gasteiger partial charge in [-0.2, -0.15) is 5.26 Å². The third-order valence-electron chi connectivity index (χ3n) is 4.73. The molecule has 0 aliphatic heterocycles. The maximum Gasteiger partial charge on any atom is 0.408 e. The fraction of sp³-hybridized carbons (Fsp3) is 0.542. The van der Waals surface area contributed by atoms with Gasteiger partial charge in [-0.05, 0) is 57.9 Å². The van der Waals surface area contributed by atoms with Crippen LogP contribution in [0.4, 0.5) is 4.79 Å². The highest BCUT2D eigenvalue weighted by molar-refractivity contribution is 5.92. The number of phenolic OH excluding ortho intramolecular Hbond substituents is 1. The number of alkyl carbamates (subject to hydrolysis) is 1. The molecule has 2 atom stereocenters. The number of hydrogen-bond acceptors (Lipinski definition) is 9. The van der Waals surface area contributed by atoms with Gasteiger partial charge >= 0.3 is 12.1 Å². The van der Waals surface area contributed by atoms with Gasteiger partial charge in [0.1, 0.15) is 30.0 Å². The molecule has 0 spiro atoms. The van der Waals surface area contributed by atoms with Crippen molar-refractivity contribution in [1.29, 1.82) is 5.26 Å². The lowest BCUT2D eigenvalue weighted by molar-refractivity contribution is -0.144. The van der Waals surface area contributed by atoms with Gasteiger partial charge in [-0.25, -0.2) is 4.79 Å². The topological polar surface area (TPSA) is 178 Å². The van der Waals surface area contributed by atoms with Crippen molar-refractivity contribution in [1.82, 2.24) is 15.5 Å². The lowest BCUT2D eigenvalue weighted by Gasteiger charge is -2.32. The highest BCUT2D eigenvalue weighted by Crippen LogP contribution is 2.27. The number of nitrogens with zero attached hydrogens (tertiary/aromatic N) is 2. The van der Waals surface area contributed by atoms with Crippen LogP contribution in [0.1, 0.15) is 51.3 Å². The largest absolute Gasteiger partial charge is 0.508 e. The second-order valence-electron chi connectivity index (χ2n) is 8.80. The molecule has 0 heterocycles. The first kappa shape index (κ1) is 30.2. The predicted molar refractivity (Wildman–Crippen MR) is 127 cm³/mol. The Labute approximate surface area is 210 Å². The number of hydrogen-bond donors (Lipinski definition) is 4. The van der Waals surface area contributed by atoms with Crippen LogP contribution in [-0.2, 0) is 23.9 Å². The number of phenols is 1. The summed E-state index contributed by atoms with van der Waals surface area (Å²) < 4.78 is 9.96. The molecule has 0 radical (unpaired) electrons. The summed E-state index contributed by atoms with van der Waals surface area (Å²) in [6, 6.07) is 3.14. The Hall–Kier alpha value is -3.85. The van der Waals surface area contributed by atoms with Crippen molar-refractivity contribution < 1.29 is 38.9 Å². The molecule has 0 saturated heterocycles. The first-order chi connectivity index (χ1) is 16.8. The number of esters is 1. The van der Waals surface area contributed by atoms with Crippen molar-refractivity contribution in [2.45, 2.75) is 58.7 Å². The van der Waals surface area contributed by atoms with Crippen LogP contribution in [0.5, 0.6) is 5.75 Å². The number of aliphatic hydroxyl groups is 1. The van der Waals surface area contributed by atoms with E-state index >= 15 is 0 Å². The normalized spacial score (nSPS) is 12.5. The van der Waals surface area contributed by atoms with Crippen molar-refractivity contribution in [2.24, 2.45) is 0 Å². The minimum Gasteiger partial charge on any atom is -0.508 e. The number of benzene rings is 1. The van der Waals surface area contributed by atoms with E-state index in [2.05, 4.69) is 10.6 Å². The summed E-state index contributed by atoms with van der Waals surface area (Å²) in [6.45, 7) is 6.78. The molecular weight excluding hydrogens is 472 g/mol. The van der Waals surface area contributed by atoms with Crippen LogP contribution >= 0.6 is 0 Å². The lowest BCUT2D eigenvalue weighted by atomic mass is 10.0. The van der Waals surface area contributed by atoms with Crippen molar-refractivity contribution in [3.63, 3.8) is 0 Å². The fourth-order valence-electron chi connectivity index (χ4n) is 3.15. The molecule has 198 valence electrons. The molecule has 1 aromatic rings. The van der Waals surface area contributed by atoms with Gasteiger partial charge in [-0.1, -0.05) is 6.07 Å². The van der Waals surface area contributed by atoms with E-state index in [1.165, 1.54) is 18.2 Å². The van der Waals surface area contributed by atoms with E-state index in [9.17, 15) is 34.7 Å². The number of amides is 3. The minimum absolute atomic E-state index is 0.0433. The number of nitriles is 1. The van der Waals surface area contributed by atoms with E-state index in [-0.39, 0.29) is 30.9 Å². The first-order valence-corrected chi connectivity index (χ1v) is 11.3. The standard InChI is InChI=1S/C24H34N4O8/c1-6-35-19(31)9-11-26-21(32)20(16-7-8-18(30)15(2)13-16)28(12-10-25)22(33)17(14-29)27-23(34)36-24(3,4)5/h7-8,13,17,20,29-30H,6,9,11-12,14H2,1-5H3,(H,26,32)(H,27,34). The average Bonchev–Trinajstić information content (AvgIpc) is 2.78. The fourth-order valence-corrected chi connectivity index (χ4v) is 3.15. The van der Waals surface area contributed by atoms with E-state index in [0.717, 1.165) is 4.90 Å². The Bertz CT molecular complexity index is 983. The Kier molecular flexibility index (Phi) is 11.6. The highest BCUT2D eigenvalue weighted by atomic mass is 16.6. The zero-order valence-electron chi connectivity index (χ0n) is 21.2. The highest BCUT2D eigenvalue weighted by Gasteiger charge is 2.36. The number of rotatable bonds is 11. The second kappa shape index (κ2) is 13.9. The molecule has 2 unspecified atom stereocenters. The molecule has 1 aromatic carbocycles. The van der Waals surface area contributed by atoms with Crippen LogP contribution in [0.2, 0.25) is 0 Å². The second-order valence-corrected chi connectivity index (χ2v) is 8.80. The molecule has 0 aliphatic rings. The lowest BCUT2D eigenvalue weighted by Crippen LogP contribution is -2.54. The van der Waals surface area contributed by atoms with E-state index < -0.39 is 54.7 Å². The van der Waals surface area contributed by atoms with Crippen LogP contribution in [0, 0.1) is 18.3 Å². The Balaban J connectivity index is 3.31. The summed E-state index contributed by atoms with van der Waals surface area (Å²) in [5, 5.41) is 33.9. The molecule has 12 nitrogen and oxygen atoms in total. The molecule has 0 saturated carbocycles. The van der Waals surface area contributed by atoms with Crippen LogP contribution in [0.3, 0.4) is 0 Å². The van der Waals surface area contributed by atoms with Gasteiger partial charge in [0, 0.05) is 6.54 Å². The van der Waals surface area contributed by atoms with E-state index in [1.807, 2.05) is 6.07 Å². The molecule has 0 aromatic heterocycles. The van der Waals surface area contributed by atoms with E-state index in [0.29, 0.717) is 5.56 Å². The Morgan fingerprint density at radius 1 is 1.22 bits per heavy atom. The number of aromatic hydroxyl groups is 1. The monoisotopic (exact) mass is 506 g/mol. The maximum absolute atomic E-state index is 13.3. The van der Waals surface area contributed by atoms with Crippen molar-refractivity contribution in [2.75, 3.05) is 26.3 Å². The zero-order valence-corrected chi connectivity index (χ0v) is 21.2. The number of aryl methyl sites for hydroxylation is 1. The van der Waals surface area contributed by atoms with Gasteiger partial charge in [0.2, 0.25) is 11.8 Å². The summed E-state index contributed by atoms with van der Waals surface area (Å²) in [4.78, 5) is 51.3. The van der Waals surface area contributed by atoms with Crippen LogP contribution < -0.4 is 10.6 Å². The van der Waals surface area contributed by atoms with Crippen LogP contribution in [0.15, 0.2) is 18.2 Å². The number of carbonyl (C=O) groups is 4. The van der Waals surface area contributed by atoms with Crippen molar-refractivity contribution in [3.8, 4) is 11.8 Å². The van der Waals surface area contributed by atoms with Gasteiger partial charge in [-0.3, -0.25) is 14.4 Å². The quantitative estimate of drug-likeness (QED) is 0.252. The summed E-state index contributed by atoms with van der Waals surface area (Å²) in [5.41, 5.74) is -0.201. The molecular formula is C24H34N4O8. The molecule has 36 heavy (non-hydrogen) atoms. The van der Waals surface area contributed by atoms with Gasteiger partial charge in [-0.15, -0.1) is 0 Å². The molecule has 1 rings (SSSR count). The van der Waals surface area contributed by atoms with Crippen molar-refractivity contribution in [3.05, 3.63) is 29.3 Å². The van der Waals surface area contributed by atoms with Gasteiger partial charge in [0.05, 0.1) is 25.7 Å². The summed E-state index contributed by atoms with van der Waals surface area (Å²) in [7, 11) is 0. The number of ether oxygens (including phenoxy) is 2. The third kappa shape index (κ3) is 9.42. The SMILES string of the molecule is CCOC(=O)CCNC(=O)C(c1ccc(O)c(C)c1)N(CC#N)C(=O)C(CO)NC(=O)OC(C)(C)C. The van der Waals surface area contributed by atoms with Gasteiger partial charge in [0.15, 0.2) is 0 Å². The van der Waals surface area contributed by atoms with E-state index in [4.69, 9.17) is 9.47 Å². The first-order valence-electron chi connectivity index (χ1n) is 11.3. The molecule has 12 heteroatoms. The molecule has 0 fully saturated rings. The smallest absolute Gasteiger partial charge is 0.408 e. The van der Waals surface area contributed by atoms with Crippen LogP contribution in [0.25, 0.3) is 0 Å². The van der Waals surface area contributed by atoms with Gasteiger partial charge < -0.3 is 35.2 Å². The van der Waals surface area contributed by atoms with Gasteiger partial charge in [0.25, 0.3) is 0 Å². The van der Waals surface area contributed by atoms with Crippen molar-refractivity contribution >= 4 is 23.9 Å². The van der Waals surface area contributed by atoms with E-state index in [1.54, 1.807) is 34.6 Å². The number of aliphatic hydroxyl groups excluding tert-OH is 1. The summed E-state index contributed by atoms with van der Waals surface area (Å²) in [6.07, 6.45) is -1.09. The molecule has 0 bridgehead atoms. The Morgan fingerprint density at radius 3 is 2.42 bits per heavy atom. The number of carbonyl (C=O) groups excluding carboxylic acids is 4. The zero-order chi connectivity index (χ0) is 27.5. The Morgan fingerprint density at radius 2 is 1.89 bits per heavy atom.